The van der Waals surface area contributed by atoms with Crippen molar-refractivity contribution in [3.63, 3.8) is 0 Å². The number of carbonyl (C=O) groups is 2. The molecule has 144 valence electrons. The molecule has 0 radical (unpaired) electrons. The predicted molar refractivity (Wildman–Crippen MR) is 108 cm³/mol. The molecule has 3 aromatic rings. The highest BCUT2D eigenvalue weighted by Gasteiger charge is 2.25. The van der Waals surface area contributed by atoms with Crippen molar-refractivity contribution < 1.29 is 9.59 Å². The van der Waals surface area contributed by atoms with Gasteiger partial charge in [0, 0.05) is 11.6 Å². The zero-order valence-electron chi connectivity index (χ0n) is 16.1. The Morgan fingerprint density at radius 2 is 1.86 bits per heavy atom. The summed E-state index contributed by atoms with van der Waals surface area (Å²) in [5.41, 5.74) is 3.27. The number of nitrogens with one attached hydrogen (secondary N) is 2. The highest BCUT2D eigenvalue weighted by molar-refractivity contribution is 5.95. The average Bonchev–Trinajstić information content (AvgIpc) is 3.41. The van der Waals surface area contributed by atoms with Crippen LogP contribution in [0.5, 0.6) is 0 Å². The first-order valence-corrected chi connectivity index (χ1v) is 9.64. The Morgan fingerprint density at radius 3 is 2.61 bits per heavy atom. The molecular formula is C22H24N4O2. The van der Waals surface area contributed by atoms with Crippen LogP contribution < -0.4 is 10.6 Å². The molecule has 1 fully saturated rings. The van der Waals surface area contributed by atoms with Gasteiger partial charge in [-0.3, -0.25) is 9.59 Å². The highest BCUT2D eigenvalue weighted by Crippen LogP contribution is 2.22. The molecule has 1 heterocycles. The lowest BCUT2D eigenvalue weighted by Crippen LogP contribution is -2.32. The summed E-state index contributed by atoms with van der Waals surface area (Å²) in [4.78, 5) is 29.8. The van der Waals surface area contributed by atoms with Gasteiger partial charge < -0.3 is 15.2 Å². The maximum atomic E-state index is 12.7. The van der Waals surface area contributed by atoms with Crippen LogP contribution in [0.2, 0.25) is 0 Å². The molecule has 0 saturated heterocycles. The number of fused-ring (bicyclic) bond motifs is 1. The molecule has 4 rings (SSSR count). The SMILES string of the molecule is Cc1ccccc1C(=O)NC(C)c1nc2ccccc2n1CC(=O)NC1CC1. The number of aromatic nitrogens is 2. The summed E-state index contributed by atoms with van der Waals surface area (Å²) in [6, 6.07) is 15.2. The predicted octanol–water partition coefficient (Wildman–Crippen LogP) is 3.11. The third-order valence-electron chi connectivity index (χ3n) is 5.05. The Balaban J connectivity index is 1.61. The van der Waals surface area contributed by atoms with Crippen molar-refractivity contribution >= 4 is 22.8 Å². The van der Waals surface area contributed by atoms with Gasteiger partial charge >= 0.3 is 0 Å². The fraction of sp³-hybridized carbons (Fsp3) is 0.318. The molecule has 0 bridgehead atoms. The minimum Gasteiger partial charge on any atom is -0.352 e. The van der Waals surface area contributed by atoms with Gasteiger partial charge in [-0.2, -0.15) is 0 Å². The van der Waals surface area contributed by atoms with Gasteiger partial charge in [-0.05, 0) is 50.5 Å². The fourth-order valence-corrected chi connectivity index (χ4v) is 3.40. The number of hydrogen-bond acceptors (Lipinski definition) is 3. The second kappa shape index (κ2) is 7.46. The lowest BCUT2D eigenvalue weighted by Gasteiger charge is -2.17. The van der Waals surface area contributed by atoms with E-state index in [4.69, 9.17) is 4.98 Å². The number of nitrogens with zero attached hydrogens (tertiary/aromatic N) is 2. The zero-order valence-corrected chi connectivity index (χ0v) is 16.1. The summed E-state index contributed by atoms with van der Waals surface area (Å²) in [6.45, 7) is 4.00. The Labute approximate surface area is 164 Å². The van der Waals surface area contributed by atoms with E-state index in [1.165, 1.54) is 0 Å². The second-order valence-corrected chi connectivity index (χ2v) is 7.40. The molecule has 1 aliphatic carbocycles. The van der Waals surface area contributed by atoms with Crippen LogP contribution in [0.3, 0.4) is 0 Å². The summed E-state index contributed by atoms with van der Waals surface area (Å²) in [5, 5.41) is 6.05. The van der Waals surface area contributed by atoms with E-state index < -0.39 is 0 Å². The molecular weight excluding hydrogens is 352 g/mol. The summed E-state index contributed by atoms with van der Waals surface area (Å²) in [7, 11) is 0. The van der Waals surface area contributed by atoms with Crippen LogP contribution in [0.1, 0.15) is 47.6 Å². The van der Waals surface area contributed by atoms with Crippen LogP contribution in [0.15, 0.2) is 48.5 Å². The van der Waals surface area contributed by atoms with Gasteiger partial charge in [0.25, 0.3) is 5.91 Å². The Hall–Kier alpha value is -3.15. The highest BCUT2D eigenvalue weighted by atomic mass is 16.2. The van der Waals surface area contributed by atoms with Gasteiger partial charge in [0.1, 0.15) is 12.4 Å². The Kier molecular flexibility index (Phi) is 4.86. The largest absolute Gasteiger partial charge is 0.352 e. The molecule has 1 aliphatic rings. The van der Waals surface area contributed by atoms with Crippen LogP contribution in [-0.2, 0) is 11.3 Å². The minimum absolute atomic E-state index is 0.0238. The van der Waals surface area contributed by atoms with Crippen LogP contribution in [-0.4, -0.2) is 27.4 Å². The third-order valence-corrected chi connectivity index (χ3v) is 5.05. The number of para-hydroxylation sites is 2. The van der Waals surface area contributed by atoms with Crippen molar-refractivity contribution in [2.45, 2.75) is 45.3 Å². The minimum atomic E-state index is -0.340. The molecule has 0 spiro atoms. The molecule has 2 amide bonds. The lowest BCUT2D eigenvalue weighted by atomic mass is 10.1. The van der Waals surface area contributed by atoms with E-state index >= 15 is 0 Å². The van der Waals surface area contributed by atoms with E-state index in [1.807, 2.05) is 66.9 Å². The van der Waals surface area contributed by atoms with Crippen LogP contribution in [0, 0.1) is 6.92 Å². The van der Waals surface area contributed by atoms with Crippen LogP contribution in [0.4, 0.5) is 0 Å². The summed E-state index contributed by atoms with van der Waals surface area (Å²) in [6.07, 6.45) is 2.10. The van der Waals surface area contributed by atoms with Crippen molar-refractivity contribution in [1.82, 2.24) is 20.2 Å². The maximum absolute atomic E-state index is 12.7. The van der Waals surface area contributed by atoms with E-state index in [0.29, 0.717) is 17.4 Å². The Morgan fingerprint density at radius 1 is 1.14 bits per heavy atom. The first-order chi connectivity index (χ1) is 13.5. The second-order valence-electron chi connectivity index (χ2n) is 7.40. The molecule has 2 aromatic carbocycles. The van der Waals surface area contributed by atoms with Crippen molar-refractivity contribution in [2.75, 3.05) is 0 Å². The number of benzene rings is 2. The molecule has 28 heavy (non-hydrogen) atoms. The molecule has 0 aliphatic heterocycles. The maximum Gasteiger partial charge on any atom is 0.252 e. The summed E-state index contributed by atoms with van der Waals surface area (Å²) < 4.78 is 1.90. The molecule has 6 heteroatoms. The van der Waals surface area contributed by atoms with Gasteiger partial charge in [-0.1, -0.05) is 30.3 Å². The first kappa shape index (κ1) is 18.2. The number of hydrogen-bond donors (Lipinski definition) is 2. The topological polar surface area (TPSA) is 76.0 Å². The molecule has 1 unspecified atom stereocenters. The zero-order chi connectivity index (χ0) is 19.7. The molecule has 1 saturated carbocycles. The number of imidazole rings is 1. The van der Waals surface area contributed by atoms with Crippen molar-refractivity contribution in [3.05, 3.63) is 65.5 Å². The van der Waals surface area contributed by atoms with Gasteiger partial charge in [-0.25, -0.2) is 4.98 Å². The standard InChI is InChI=1S/C22H24N4O2/c1-14-7-3-4-8-17(14)22(28)23-15(2)21-25-18-9-5-6-10-19(18)26(21)13-20(27)24-16-11-12-16/h3-10,15-16H,11-13H2,1-2H3,(H,23,28)(H,24,27). The van der Waals surface area contributed by atoms with Crippen molar-refractivity contribution in [1.29, 1.82) is 0 Å². The molecule has 1 atom stereocenters. The number of aryl methyl sites for hydroxylation is 1. The number of carbonyl (C=O) groups excluding carboxylic acids is 2. The summed E-state index contributed by atoms with van der Waals surface area (Å²) >= 11 is 0. The first-order valence-electron chi connectivity index (χ1n) is 9.64. The normalized spacial score (nSPS) is 14.6. The van der Waals surface area contributed by atoms with E-state index in [2.05, 4.69) is 10.6 Å². The number of amides is 2. The van der Waals surface area contributed by atoms with Crippen LogP contribution in [0.25, 0.3) is 11.0 Å². The summed E-state index contributed by atoms with van der Waals surface area (Å²) in [5.74, 6) is 0.505. The Bertz CT molecular complexity index is 1040. The third kappa shape index (κ3) is 3.76. The van der Waals surface area contributed by atoms with Gasteiger partial charge in [-0.15, -0.1) is 0 Å². The smallest absolute Gasteiger partial charge is 0.252 e. The monoisotopic (exact) mass is 376 g/mol. The van der Waals surface area contributed by atoms with E-state index in [0.717, 1.165) is 29.4 Å². The van der Waals surface area contributed by atoms with Crippen LogP contribution >= 0.6 is 0 Å². The average molecular weight is 376 g/mol. The molecule has 2 N–H and O–H groups in total. The van der Waals surface area contributed by atoms with E-state index in [1.54, 1.807) is 0 Å². The lowest BCUT2D eigenvalue weighted by molar-refractivity contribution is -0.121. The van der Waals surface area contributed by atoms with Gasteiger partial charge in [0.2, 0.25) is 5.91 Å². The fourth-order valence-electron chi connectivity index (χ4n) is 3.40. The quantitative estimate of drug-likeness (QED) is 0.694. The van der Waals surface area contributed by atoms with Crippen molar-refractivity contribution in [2.24, 2.45) is 0 Å². The van der Waals surface area contributed by atoms with Gasteiger partial charge in [0.05, 0.1) is 17.1 Å². The molecule has 1 aromatic heterocycles. The van der Waals surface area contributed by atoms with E-state index in [-0.39, 0.29) is 24.4 Å². The van der Waals surface area contributed by atoms with Crippen molar-refractivity contribution in [3.8, 4) is 0 Å². The number of rotatable bonds is 6. The molecule has 6 nitrogen and oxygen atoms in total. The van der Waals surface area contributed by atoms with E-state index in [9.17, 15) is 9.59 Å². The van der Waals surface area contributed by atoms with Gasteiger partial charge in [0.15, 0.2) is 0 Å².